The first kappa shape index (κ1) is 15.0. The van der Waals surface area contributed by atoms with Crippen LogP contribution in [0, 0.1) is 17.0 Å². The number of aryl methyl sites for hydroxylation is 2. The first-order chi connectivity index (χ1) is 9.88. The molecule has 0 aliphatic rings. The van der Waals surface area contributed by atoms with Gasteiger partial charge in [0.2, 0.25) is 0 Å². The Labute approximate surface area is 125 Å². The summed E-state index contributed by atoms with van der Waals surface area (Å²) >= 11 is 5.71. The first-order valence-electron chi connectivity index (χ1n) is 6.10. The van der Waals surface area contributed by atoms with Crippen LogP contribution in [0.5, 0.6) is 0 Å². The van der Waals surface area contributed by atoms with Crippen molar-refractivity contribution < 1.29 is 9.72 Å². The Morgan fingerprint density at radius 2 is 2.19 bits per heavy atom. The van der Waals surface area contributed by atoms with Crippen molar-refractivity contribution in [1.82, 2.24) is 15.1 Å². The van der Waals surface area contributed by atoms with Crippen LogP contribution in [0.15, 0.2) is 24.3 Å². The molecule has 1 amide bonds. The number of carbonyl (C=O) groups is 1. The summed E-state index contributed by atoms with van der Waals surface area (Å²) in [6.07, 6.45) is 0. The van der Waals surface area contributed by atoms with E-state index < -0.39 is 10.8 Å². The van der Waals surface area contributed by atoms with Crippen LogP contribution in [0.25, 0.3) is 0 Å². The minimum atomic E-state index is -0.621. The molecule has 1 aromatic heterocycles. The molecule has 0 bridgehead atoms. The Balaban J connectivity index is 2.12. The predicted molar refractivity (Wildman–Crippen MR) is 77.2 cm³/mol. The van der Waals surface area contributed by atoms with Crippen LogP contribution < -0.4 is 5.32 Å². The van der Waals surface area contributed by atoms with Gasteiger partial charge in [-0.1, -0.05) is 11.6 Å². The van der Waals surface area contributed by atoms with Gasteiger partial charge < -0.3 is 5.32 Å². The third-order valence-corrected chi connectivity index (χ3v) is 3.25. The Morgan fingerprint density at radius 1 is 1.48 bits per heavy atom. The lowest BCUT2D eigenvalue weighted by Gasteiger charge is -2.06. The molecule has 0 spiro atoms. The number of aromatic nitrogens is 2. The number of nitrogens with one attached hydrogen (secondary N) is 1. The minimum Gasteiger partial charge on any atom is -0.346 e. The van der Waals surface area contributed by atoms with Crippen molar-refractivity contribution in [1.29, 1.82) is 0 Å². The average Bonchev–Trinajstić information content (AvgIpc) is 2.74. The number of amides is 1. The normalized spacial score (nSPS) is 10.4. The number of halogens is 1. The van der Waals surface area contributed by atoms with Gasteiger partial charge in [-0.3, -0.25) is 19.6 Å². The summed E-state index contributed by atoms with van der Waals surface area (Å²) in [6.45, 7) is 2.14. The van der Waals surface area contributed by atoms with Crippen molar-refractivity contribution in [2.45, 2.75) is 13.5 Å². The summed E-state index contributed by atoms with van der Waals surface area (Å²) < 4.78 is 1.67. The highest BCUT2D eigenvalue weighted by atomic mass is 35.5. The molecule has 0 fully saturated rings. The van der Waals surface area contributed by atoms with E-state index >= 15 is 0 Å². The van der Waals surface area contributed by atoms with E-state index in [-0.39, 0.29) is 22.8 Å². The number of nitrogens with zero attached hydrogens (tertiary/aromatic N) is 3. The topological polar surface area (TPSA) is 90.1 Å². The van der Waals surface area contributed by atoms with E-state index in [0.29, 0.717) is 0 Å². The Bertz CT molecular complexity index is 711. The molecule has 1 heterocycles. The van der Waals surface area contributed by atoms with Crippen molar-refractivity contribution in [3.05, 3.63) is 56.4 Å². The SMILES string of the molecule is Cc1cc(CNC(=O)c2ccc(Cl)c([N+](=O)[O-])c2)n(C)n1. The zero-order valence-corrected chi connectivity index (χ0v) is 12.2. The monoisotopic (exact) mass is 308 g/mol. The number of nitro groups is 1. The lowest BCUT2D eigenvalue weighted by molar-refractivity contribution is -0.384. The van der Waals surface area contributed by atoms with Gasteiger partial charge in [-0.2, -0.15) is 5.10 Å². The number of nitro benzene ring substituents is 1. The fraction of sp³-hybridized carbons (Fsp3) is 0.231. The fourth-order valence-corrected chi connectivity index (χ4v) is 2.08. The molecular weight excluding hydrogens is 296 g/mol. The summed E-state index contributed by atoms with van der Waals surface area (Å²) in [5.74, 6) is -0.409. The highest BCUT2D eigenvalue weighted by molar-refractivity contribution is 6.32. The standard InChI is InChI=1S/C13H13ClN4O3/c1-8-5-10(17(2)16-8)7-15-13(19)9-3-4-11(14)12(6-9)18(20)21/h3-6H,7H2,1-2H3,(H,15,19). The van der Waals surface area contributed by atoms with Crippen LogP contribution >= 0.6 is 11.6 Å². The van der Waals surface area contributed by atoms with Gasteiger partial charge in [-0.15, -0.1) is 0 Å². The second-order valence-electron chi connectivity index (χ2n) is 4.51. The minimum absolute atomic E-state index is 0.00110. The first-order valence-corrected chi connectivity index (χ1v) is 6.48. The molecule has 0 unspecified atom stereocenters. The van der Waals surface area contributed by atoms with Crippen molar-refractivity contribution in [3.63, 3.8) is 0 Å². The summed E-state index contributed by atoms with van der Waals surface area (Å²) in [6, 6.07) is 5.79. The fourth-order valence-electron chi connectivity index (χ4n) is 1.90. The molecule has 0 radical (unpaired) electrons. The maximum absolute atomic E-state index is 12.0. The van der Waals surface area contributed by atoms with Gasteiger partial charge in [-0.25, -0.2) is 0 Å². The lowest BCUT2D eigenvalue weighted by Crippen LogP contribution is -2.24. The van der Waals surface area contributed by atoms with E-state index in [2.05, 4.69) is 10.4 Å². The van der Waals surface area contributed by atoms with Crippen LogP contribution in [0.1, 0.15) is 21.7 Å². The van der Waals surface area contributed by atoms with Gasteiger partial charge in [0.15, 0.2) is 0 Å². The lowest BCUT2D eigenvalue weighted by atomic mass is 10.2. The van der Waals surface area contributed by atoms with E-state index in [0.717, 1.165) is 17.5 Å². The summed E-state index contributed by atoms with van der Waals surface area (Å²) in [5.41, 5.74) is 1.58. The maximum atomic E-state index is 12.0. The van der Waals surface area contributed by atoms with Crippen molar-refractivity contribution >= 4 is 23.2 Å². The van der Waals surface area contributed by atoms with E-state index in [1.807, 2.05) is 13.0 Å². The van der Waals surface area contributed by atoms with E-state index in [1.54, 1.807) is 11.7 Å². The molecular formula is C13H13ClN4O3. The van der Waals surface area contributed by atoms with E-state index in [4.69, 9.17) is 11.6 Å². The van der Waals surface area contributed by atoms with Crippen molar-refractivity contribution in [2.24, 2.45) is 7.05 Å². The molecule has 0 atom stereocenters. The van der Waals surface area contributed by atoms with Gasteiger partial charge in [0.25, 0.3) is 11.6 Å². The molecule has 8 heteroatoms. The molecule has 110 valence electrons. The quantitative estimate of drug-likeness (QED) is 0.692. The number of hydrogen-bond acceptors (Lipinski definition) is 4. The zero-order chi connectivity index (χ0) is 15.6. The molecule has 0 saturated carbocycles. The van der Waals surface area contributed by atoms with E-state index in [1.165, 1.54) is 12.1 Å². The molecule has 7 nitrogen and oxygen atoms in total. The van der Waals surface area contributed by atoms with Crippen molar-refractivity contribution in [3.8, 4) is 0 Å². The molecule has 0 saturated heterocycles. The van der Waals surface area contributed by atoms with Crippen LogP contribution in [-0.2, 0) is 13.6 Å². The molecule has 1 aromatic carbocycles. The summed E-state index contributed by atoms with van der Waals surface area (Å²) in [7, 11) is 1.78. The third kappa shape index (κ3) is 3.38. The summed E-state index contributed by atoms with van der Waals surface area (Å²) in [4.78, 5) is 22.2. The molecule has 2 aromatic rings. The average molecular weight is 309 g/mol. The zero-order valence-electron chi connectivity index (χ0n) is 11.5. The van der Waals surface area contributed by atoms with Gasteiger partial charge in [0.05, 0.1) is 22.9 Å². The second-order valence-corrected chi connectivity index (χ2v) is 4.91. The largest absolute Gasteiger partial charge is 0.346 e. The van der Waals surface area contributed by atoms with Gasteiger partial charge in [0.1, 0.15) is 5.02 Å². The second kappa shape index (κ2) is 5.92. The molecule has 1 N–H and O–H groups in total. The predicted octanol–water partition coefficient (Wildman–Crippen LogP) is 2.22. The Kier molecular flexibility index (Phi) is 4.23. The molecule has 0 aliphatic heterocycles. The molecule has 0 aliphatic carbocycles. The smallest absolute Gasteiger partial charge is 0.288 e. The maximum Gasteiger partial charge on any atom is 0.288 e. The van der Waals surface area contributed by atoms with Crippen LogP contribution in [0.2, 0.25) is 5.02 Å². The van der Waals surface area contributed by atoms with E-state index in [9.17, 15) is 14.9 Å². The molecule has 2 rings (SSSR count). The number of carbonyl (C=O) groups excluding carboxylic acids is 1. The number of benzene rings is 1. The Hall–Kier alpha value is -2.41. The highest BCUT2D eigenvalue weighted by Crippen LogP contribution is 2.25. The van der Waals surface area contributed by atoms with Crippen LogP contribution in [-0.4, -0.2) is 20.6 Å². The van der Waals surface area contributed by atoms with Crippen molar-refractivity contribution in [2.75, 3.05) is 0 Å². The third-order valence-electron chi connectivity index (χ3n) is 2.93. The number of hydrogen-bond donors (Lipinski definition) is 1. The van der Waals surface area contributed by atoms with Gasteiger partial charge >= 0.3 is 0 Å². The molecule has 21 heavy (non-hydrogen) atoms. The van der Waals surface area contributed by atoms with Gasteiger partial charge in [0, 0.05) is 18.7 Å². The highest BCUT2D eigenvalue weighted by Gasteiger charge is 2.16. The van der Waals surface area contributed by atoms with Gasteiger partial charge in [-0.05, 0) is 25.1 Å². The van der Waals surface area contributed by atoms with Crippen LogP contribution in [0.3, 0.4) is 0 Å². The van der Waals surface area contributed by atoms with Crippen LogP contribution in [0.4, 0.5) is 5.69 Å². The summed E-state index contributed by atoms with van der Waals surface area (Å²) in [5, 5.41) is 17.7. The Morgan fingerprint density at radius 3 is 2.76 bits per heavy atom. The number of rotatable bonds is 4.